The Hall–Kier alpha value is -1.75. The molecule has 1 aromatic carbocycles. The number of esters is 1. The zero-order valence-electron chi connectivity index (χ0n) is 12.5. The van der Waals surface area contributed by atoms with Gasteiger partial charge in [0, 0.05) is 17.0 Å². The summed E-state index contributed by atoms with van der Waals surface area (Å²) in [5.41, 5.74) is 0.0888. The van der Waals surface area contributed by atoms with Crippen LogP contribution in [0.5, 0.6) is 5.75 Å². The molecule has 5 nitrogen and oxygen atoms in total. The zero-order chi connectivity index (χ0) is 16.2. The van der Waals surface area contributed by atoms with E-state index in [1.165, 1.54) is 19.2 Å². The van der Waals surface area contributed by atoms with Crippen molar-refractivity contribution in [2.45, 2.75) is 39.2 Å². The van der Waals surface area contributed by atoms with Gasteiger partial charge in [-0.3, -0.25) is 4.79 Å². The Morgan fingerprint density at radius 2 is 1.90 bits per heavy atom. The van der Waals surface area contributed by atoms with E-state index in [-0.39, 0.29) is 23.0 Å². The fourth-order valence-electron chi connectivity index (χ4n) is 1.78. The highest BCUT2D eigenvalue weighted by Gasteiger charge is 2.19. The molecule has 0 aromatic heterocycles. The first kappa shape index (κ1) is 17.3. The molecule has 0 amide bonds. The van der Waals surface area contributed by atoms with Gasteiger partial charge < -0.3 is 14.6 Å². The number of hydrogen-bond acceptors (Lipinski definition) is 4. The smallest absolute Gasteiger partial charge is 0.335 e. The third-order valence-corrected chi connectivity index (χ3v) is 2.96. The van der Waals surface area contributed by atoms with E-state index in [0.717, 1.165) is 0 Å². The normalized spacial score (nSPS) is 11.1. The number of rotatable bonds is 5. The van der Waals surface area contributed by atoms with Crippen LogP contribution in [0.2, 0.25) is 5.02 Å². The Morgan fingerprint density at radius 3 is 2.38 bits per heavy atom. The van der Waals surface area contributed by atoms with Gasteiger partial charge in [0.2, 0.25) is 0 Å². The molecule has 0 spiro atoms. The van der Waals surface area contributed by atoms with Crippen LogP contribution in [-0.4, -0.2) is 29.8 Å². The molecule has 0 saturated carbocycles. The predicted octanol–water partition coefficient (Wildman–Crippen LogP) is 3.32. The summed E-state index contributed by atoms with van der Waals surface area (Å²) in [5.74, 6) is -1.08. The second-order valence-corrected chi connectivity index (χ2v) is 5.94. The largest absolute Gasteiger partial charge is 0.496 e. The van der Waals surface area contributed by atoms with Crippen molar-refractivity contribution in [3.05, 3.63) is 28.3 Å². The lowest BCUT2D eigenvalue weighted by molar-refractivity contribution is -0.154. The van der Waals surface area contributed by atoms with Gasteiger partial charge in [-0.1, -0.05) is 11.6 Å². The van der Waals surface area contributed by atoms with E-state index in [1.54, 1.807) is 20.8 Å². The van der Waals surface area contributed by atoms with Gasteiger partial charge in [-0.25, -0.2) is 4.79 Å². The first-order valence-electron chi connectivity index (χ1n) is 6.45. The maximum atomic E-state index is 11.7. The highest BCUT2D eigenvalue weighted by atomic mass is 35.5. The number of halogens is 1. The fraction of sp³-hybridized carbons (Fsp3) is 0.467. The lowest BCUT2D eigenvalue weighted by Crippen LogP contribution is -2.24. The molecule has 116 valence electrons. The quantitative estimate of drug-likeness (QED) is 0.844. The highest BCUT2D eigenvalue weighted by molar-refractivity contribution is 6.32. The SMILES string of the molecule is COc1cc(C(=O)O)cc(Cl)c1CCC(=O)OC(C)(C)C. The van der Waals surface area contributed by atoms with Gasteiger partial charge in [-0.2, -0.15) is 0 Å². The maximum absolute atomic E-state index is 11.7. The van der Waals surface area contributed by atoms with Crippen LogP contribution in [-0.2, 0) is 16.0 Å². The number of carboxylic acids is 1. The van der Waals surface area contributed by atoms with E-state index in [1.807, 2.05) is 0 Å². The third kappa shape index (κ3) is 5.27. The third-order valence-electron chi connectivity index (χ3n) is 2.62. The molecule has 1 N–H and O–H groups in total. The van der Waals surface area contributed by atoms with E-state index in [0.29, 0.717) is 17.7 Å². The average Bonchev–Trinajstić information content (AvgIpc) is 2.34. The summed E-state index contributed by atoms with van der Waals surface area (Å²) in [4.78, 5) is 22.7. The molecule has 0 heterocycles. The molecular formula is C15H19ClO5. The van der Waals surface area contributed by atoms with Crippen LogP contribution in [0.4, 0.5) is 0 Å². The zero-order valence-corrected chi connectivity index (χ0v) is 13.3. The fourth-order valence-corrected chi connectivity index (χ4v) is 2.08. The Bertz CT molecular complexity index is 546. The summed E-state index contributed by atoms with van der Waals surface area (Å²) >= 11 is 6.08. The Balaban J connectivity index is 2.89. The van der Waals surface area contributed by atoms with Gasteiger partial charge in [-0.15, -0.1) is 0 Å². The van der Waals surface area contributed by atoms with Gasteiger partial charge in [0.1, 0.15) is 11.4 Å². The minimum Gasteiger partial charge on any atom is -0.496 e. The molecule has 0 aliphatic rings. The number of methoxy groups -OCH3 is 1. The minimum absolute atomic E-state index is 0.0397. The molecule has 0 aliphatic heterocycles. The lowest BCUT2D eigenvalue weighted by Gasteiger charge is -2.19. The summed E-state index contributed by atoms with van der Waals surface area (Å²) in [5, 5.41) is 9.24. The van der Waals surface area contributed by atoms with Gasteiger partial charge in [-0.05, 0) is 39.3 Å². The van der Waals surface area contributed by atoms with Crippen LogP contribution in [0.25, 0.3) is 0 Å². The summed E-state index contributed by atoms with van der Waals surface area (Å²) in [6.45, 7) is 5.38. The van der Waals surface area contributed by atoms with Crippen molar-refractivity contribution in [2.75, 3.05) is 7.11 Å². The van der Waals surface area contributed by atoms with Crippen LogP contribution in [0.3, 0.4) is 0 Å². The number of benzene rings is 1. The molecule has 0 fully saturated rings. The lowest BCUT2D eigenvalue weighted by atomic mass is 10.1. The summed E-state index contributed by atoms with van der Waals surface area (Å²) in [6, 6.07) is 2.73. The standard InChI is InChI=1S/C15H19ClO5/c1-15(2,3)21-13(17)6-5-10-11(16)7-9(14(18)19)8-12(10)20-4/h7-8H,5-6H2,1-4H3,(H,18,19). The molecule has 0 unspecified atom stereocenters. The maximum Gasteiger partial charge on any atom is 0.335 e. The molecule has 1 rings (SSSR count). The summed E-state index contributed by atoms with van der Waals surface area (Å²) < 4.78 is 10.4. The van der Waals surface area contributed by atoms with Crippen molar-refractivity contribution < 1.29 is 24.2 Å². The predicted molar refractivity (Wildman–Crippen MR) is 79.1 cm³/mol. The van der Waals surface area contributed by atoms with Gasteiger partial charge >= 0.3 is 11.9 Å². The van der Waals surface area contributed by atoms with Crippen LogP contribution < -0.4 is 4.74 Å². The Morgan fingerprint density at radius 1 is 1.29 bits per heavy atom. The monoisotopic (exact) mass is 314 g/mol. The molecule has 0 radical (unpaired) electrons. The van der Waals surface area contributed by atoms with Crippen molar-refractivity contribution in [3.63, 3.8) is 0 Å². The molecule has 0 bridgehead atoms. The topological polar surface area (TPSA) is 72.8 Å². The number of aromatic carboxylic acids is 1. The summed E-state index contributed by atoms with van der Waals surface area (Å²) in [7, 11) is 1.42. The highest BCUT2D eigenvalue weighted by Crippen LogP contribution is 2.30. The van der Waals surface area contributed by atoms with E-state index >= 15 is 0 Å². The second-order valence-electron chi connectivity index (χ2n) is 5.53. The number of carbonyl (C=O) groups is 2. The van der Waals surface area contributed by atoms with Crippen LogP contribution in [0.1, 0.15) is 43.1 Å². The number of carbonyl (C=O) groups excluding carboxylic acids is 1. The van der Waals surface area contributed by atoms with E-state index < -0.39 is 11.6 Å². The van der Waals surface area contributed by atoms with Gasteiger partial charge in [0.15, 0.2) is 0 Å². The van der Waals surface area contributed by atoms with Crippen molar-refractivity contribution in [3.8, 4) is 5.75 Å². The van der Waals surface area contributed by atoms with Crippen molar-refractivity contribution in [1.82, 2.24) is 0 Å². The minimum atomic E-state index is -1.09. The van der Waals surface area contributed by atoms with Crippen LogP contribution in [0.15, 0.2) is 12.1 Å². The molecule has 0 aliphatic carbocycles. The molecule has 0 atom stereocenters. The first-order chi connectivity index (χ1) is 9.64. The van der Waals surface area contributed by atoms with Crippen molar-refractivity contribution >= 4 is 23.5 Å². The van der Waals surface area contributed by atoms with E-state index in [9.17, 15) is 9.59 Å². The van der Waals surface area contributed by atoms with Crippen LogP contribution >= 0.6 is 11.6 Å². The Kier molecular flexibility index (Phi) is 5.61. The number of hydrogen-bond donors (Lipinski definition) is 1. The molecular weight excluding hydrogens is 296 g/mol. The number of ether oxygens (including phenoxy) is 2. The molecule has 0 saturated heterocycles. The molecule has 6 heteroatoms. The van der Waals surface area contributed by atoms with Gasteiger partial charge in [0.05, 0.1) is 12.7 Å². The molecule has 21 heavy (non-hydrogen) atoms. The van der Waals surface area contributed by atoms with E-state index in [2.05, 4.69) is 0 Å². The van der Waals surface area contributed by atoms with Gasteiger partial charge in [0.25, 0.3) is 0 Å². The first-order valence-corrected chi connectivity index (χ1v) is 6.83. The van der Waals surface area contributed by atoms with Crippen molar-refractivity contribution in [1.29, 1.82) is 0 Å². The van der Waals surface area contributed by atoms with Crippen molar-refractivity contribution in [2.24, 2.45) is 0 Å². The van der Waals surface area contributed by atoms with Crippen LogP contribution in [0, 0.1) is 0 Å². The summed E-state index contributed by atoms with van der Waals surface area (Å²) in [6.07, 6.45) is 0.455. The Labute approximate surface area is 128 Å². The second kappa shape index (κ2) is 6.80. The number of carboxylic acid groups (broad SMARTS) is 1. The average molecular weight is 315 g/mol. The molecule has 1 aromatic rings. The van der Waals surface area contributed by atoms with E-state index in [4.69, 9.17) is 26.2 Å².